The van der Waals surface area contributed by atoms with Crippen LogP contribution in [0.3, 0.4) is 0 Å². The number of hydrogen-bond donors (Lipinski definition) is 0. The summed E-state index contributed by atoms with van der Waals surface area (Å²) in [6.45, 7) is 0. The minimum atomic E-state index is 0.617. The molecule has 39 heavy (non-hydrogen) atoms. The van der Waals surface area contributed by atoms with Crippen LogP contribution in [0.1, 0.15) is 5.56 Å². The fourth-order valence-electron chi connectivity index (χ4n) is 5.65. The number of nitriles is 1. The van der Waals surface area contributed by atoms with Gasteiger partial charge in [0.05, 0.1) is 28.4 Å². The van der Waals surface area contributed by atoms with Gasteiger partial charge < -0.3 is 4.42 Å². The number of rotatable bonds is 2. The molecule has 0 spiro atoms. The van der Waals surface area contributed by atoms with E-state index in [2.05, 4.69) is 66.7 Å². The highest BCUT2D eigenvalue weighted by Gasteiger charge is 2.15. The summed E-state index contributed by atoms with van der Waals surface area (Å²) in [5.41, 5.74) is 8.24. The molecule has 0 aliphatic rings. The molecule has 0 saturated heterocycles. The lowest BCUT2D eigenvalue weighted by molar-refractivity contribution is 0.669. The van der Waals surface area contributed by atoms with Crippen LogP contribution in [-0.2, 0) is 0 Å². The molecule has 8 rings (SSSR count). The molecular formula is C35H19N3O. The summed E-state index contributed by atoms with van der Waals surface area (Å²) in [6.07, 6.45) is 1.85. The van der Waals surface area contributed by atoms with Crippen molar-refractivity contribution in [2.24, 2.45) is 0 Å². The van der Waals surface area contributed by atoms with E-state index in [4.69, 9.17) is 14.4 Å². The average molecular weight is 498 g/mol. The normalized spacial score (nSPS) is 11.6. The largest absolute Gasteiger partial charge is 0.456 e. The standard InChI is InChI=1S/C35H19N3O/c36-20-21-8-14-31-28(17-21)29-18-24(11-15-32(29)39-31)25-10-12-26-30(19-25)38-34(22-5-2-1-3-6-22)27-13-9-23-7-4-16-37-35(23)33(26)27/h1-19H. The van der Waals surface area contributed by atoms with Crippen molar-refractivity contribution in [1.82, 2.24) is 9.97 Å². The highest BCUT2D eigenvalue weighted by Crippen LogP contribution is 2.38. The lowest BCUT2D eigenvalue weighted by Gasteiger charge is -2.13. The van der Waals surface area contributed by atoms with E-state index in [0.717, 1.165) is 76.9 Å². The Balaban J connectivity index is 1.41. The van der Waals surface area contributed by atoms with Gasteiger partial charge in [0.25, 0.3) is 0 Å². The van der Waals surface area contributed by atoms with Crippen molar-refractivity contribution in [1.29, 1.82) is 5.26 Å². The summed E-state index contributed by atoms with van der Waals surface area (Å²) in [6, 6.07) is 39.2. The summed E-state index contributed by atoms with van der Waals surface area (Å²) in [4.78, 5) is 9.99. The van der Waals surface area contributed by atoms with Crippen molar-refractivity contribution in [3.05, 3.63) is 121 Å². The topological polar surface area (TPSA) is 62.7 Å². The van der Waals surface area contributed by atoms with Gasteiger partial charge in [-0.2, -0.15) is 5.26 Å². The maximum absolute atomic E-state index is 9.39. The van der Waals surface area contributed by atoms with E-state index >= 15 is 0 Å². The van der Waals surface area contributed by atoms with Gasteiger partial charge in [0, 0.05) is 44.1 Å². The van der Waals surface area contributed by atoms with E-state index in [1.807, 2.05) is 48.7 Å². The van der Waals surface area contributed by atoms with Crippen LogP contribution in [0.15, 0.2) is 120 Å². The van der Waals surface area contributed by atoms with Crippen molar-refractivity contribution >= 4 is 54.5 Å². The highest BCUT2D eigenvalue weighted by atomic mass is 16.3. The number of benzene rings is 5. The summed E-state index contributed by atoms with van der Waals surface area (Å²) in [7, 11) is 0. The van der Waals surface area contributed by atoms with Gasteiger partial charge in [0.15, 0.2) is 0 Å². The highest BCUT2D eigenvalue weighted by molar-refractivity contribution is 6.21. The molecule has 0 aliphatic carbocycles. The molecule has 8 aromatic rings. The summed E-state index contributed by atoms with van der Waals surface area (Å²) in [5, 5.41) is 15.7. The number of furan rings is 1. The lowest BCUT2D eigenvalue weighted by Crippen LogP contribution is -1.92. The Morgan fingerprint density at radius 2 is 1.38 bits per heavy atom. The van der Waals surface area contributed by atoms with Gasteiger partial charge in [-0.1, -0.05) is 66.7 Å². The van der Waals surface area contributed by atoms with Gasteiger partial charge in [0.2, 0.25) is 0 Å². The first-order valence-electron chi connectivity index (χ1n) is 12.8. The Labute approximate surface area is 223 Å². The van der Waals surface area contributed by atoms with E-state index in [9.17, 15) is 5.26 Å². The summed E-state index contributed by atoms with van der Waals surface area (Å²) >= 11 is 0. The first-order chi connectivity index (χ1) is 19.3. The zero-order chi connectivity index (χ0) is 25.9. The lowest BCUT2D eigenvalue weighted by atomic mass is 9.95. The summed E-state index contributed by atoms with van der Waals surface area (Å²) in [5.74, 6) is 0. The van der Waals surface area contributed by atoms with E-state index < -0.39 is 0 Å². The van der Waals surface area contributed by atoms with Crippen molar-refractivity contribution < 1.29 is 4.42 Å². The van der Waals surface area contributed by atoms with Crippen molar-refractivity contribution in [3.8, 4) is 28.5 Å². The van der Waals surface area contributed by atoms with Crippen LogP contribution in [0.25, 0.3) is 76.9 Å². The minimum Gasteiger partial charge on any atom is -0.456 e. The molecule has 3 heterocycles. The number of aromatic nitrogens is 2. The molecule has 0 N–H and O–H groups in total. The third-order valence-corrected chi connectivity index (χ3v) is 7.51. The maximum atomic E-state index is 9.39. The molecule has 0 unspecified atom stereocenters. The molecule has 0 atom stereocenters. The quantitative estimate of drug-likeness (QED) is 0.224. The van der Waals surface area contributed by atoms with Crippen LogP contribution < -0.4 is 0 Å². The first-order valence-corrected chi connectivity index (χ1v) is 12.8. The van der Waals surface area contributed by atoms with Gasteiger partial charge in [-0.15, -0.1) is 0 Å². The zero-order valence-electron chi connectivity index (χ0n) is 20.7. The predicted octanol–water partition coefficient (Wildman–Crippen LogP) is 9.04. The molecule has 0 amide bonds. The Kier molecular flexibility index (Phi) is 4.55. The smallest absolute Gasteiger partial charge is 0.135 e. The fourth-order valence-corrected chi connectivity index (χ4v) is 5.65. The number of nitrogens with zero attached hydrogens (tertiary/aromatic N) is 3. The Morgan fingerprint density at radius 3 is 2.26 bits per heavy atom. The molecule has 0 radical (unpaired) electrons. The maximum Gasteiger partial charge on any atom is 0.135 e. The Hall–Kier alpha value is -5.53. The van der Waals surface area contributed by atoms with Crippen LogP contribution in [0.4, 0.5) is 0 Å². The minimum absolute atomic E-state index is 0.617. The predicted molar refractivity (Wildman–Crippen MR) is 157 cm³/mol. The molecule has 0 bridgehead atoms. The molecule has 3 aromatic heterocycles. The van der Waals surface area contributed by atoms with Crippen LogP contribution in [0.2, 0.25) is 0 Å². The monoisotopic (exact) mass is 497 g/mol. The molecule has 4 heteroatoms. The summed E-state index contributed by atoms with van der Waals surface area (Å²) < 4.78 is 6.04. The van der Waals surface area contributed by atoms with Crippen LogP contribution in [0, 0.1) is 11.3 Å². The van der Waals surface area contributed by atoms with Crippen molar-refractivity contribution in [2.75, 3.05) is 0 Å². The van der Waals surface area contributed by atoms with Crippen LogP contribution in [-0.4, -0.2) is 9.97 Å². The Bertz CT molecular complexity index is 2290. The molecular weight excluding hydrogens is 478 g/mol. The fraction of sp³-hybridized carbons (Fsp3) is 0. The second-order valence-corrected chi connectivity index (χ2v) is 9.76. The van der Waals surface area contributed by atoms with E-state index in [1.165, 1.54) is 0 Å². The van der Waals surface area contributed by atoms with Gasteiger partial charge in [0.1, 0.15) is 11.2 Å². The van der Waals surface area contributed by atoms with Crippen molar-refractivity contribution in [3.63, 3.8) is 0 Å². The van der Waals surface area contributed by atoms with E-state index in [-0.39, 0.29) is 0 Å². The van der Waals surface area contributed by atoms with E-state index in [0.29, 0.717) is 5.56 Å². The number of pyridine rings is 2. The molecule has 0 saturated carbocycles. The second-order valence-electron chi connectivity index (χ2n) is 9.76. The van der Waals surface area contributed by atoms with E-state index in [1.54, 1.807) is 6.07 Å². The van der Waals surface area contributed by atoms with Crippen molar-refractivity contribution in [2.45, 2.75) is 0 Å². The molecule has 4 nitrogen and oxygen atoms in total. The third kappa shape index (κ3) is 3.31. The second kappa shape index (κ2) is 8.24. The van der Waals surface area contributed by atoms with Crippen LogP contribution >= 0.6 is 0 Å². The third-order valence-electron chi connectivity index (χ3n) is 7.51. The average Bonchev–Trinajstić information content (AvgIpc) is 3.37. The van der Waals surface area contributed by atoms with Gasteiger partial charge >= 0.3 is 0 Å². The SMILES string of the molecule is N#Cc1ccc2oc3ccc(-c4ccc5c(c4)nc(-c4ccccc4)c4ccc6cccnc6c45)cc3c2c1. The van der Waals surface area contributed by atoms with Gasteiger partial charge in [-0.05, 0) is 53.6 Å². The van der Waals surface area contributed by atoms with Gasteiger partial charge in [-0.25, -0.2) is 4.98 Å². The Morgan fingerprint density at radius 1 is 0.615 bits per heavy atom. The molecule has 180 valence electrons. The van der Waals surface area contributed by atoms with Crippen LogP contribution in [0.5, 0.6) is 0 Å². The number of hydrogen-bond acceptors (Lipinski definition) is 4. The zero-order valence-corrected chi connectivity index (χ0v) is 20.7. The molecule has 5 aromatic carbocycles. The molecule has 0 fully saturated rings. The first kappa shape index (κ1) is 21.5. The van der Waals surface area contributed by atoms with Gasteiger partial charge in [-0.3, -0.25) is 4.98 Å². The molecule has 0 aliphatic heterocycles. The number of fused-ring (bicyclic) bond motifs is 8.